The molecule has 0 aliphatic carbocycles. The van der Waals surface area contributed by atoms with Crippen molar-refractivity contribution in [2.45, 2.75) is 4.90 Å². The Bertz CT molecular complexity index is 770. The quantitative estimate of drug-likeness (QED) is 0.877. The van der Waals surface area contributed by atoms with E-state index < -0.39 is 10.0 Å². The Kier molecular flexibility index (Phi) is 4.50. The maximum Gasteiger partial charge on any atom is 0.282 e. The maximum atomic E-state index is 12.1. The third-order valence-corrected chi connectivity index (χ3v) is 4.16. The molecule has 0 bridgehead atoms. The highest BCUT2D eigenvalue weighted by molar-refractivity contribution is 7.90. The number of phenolic OH excluding ortho intramolecular Hbond substituents is 1. The number of halogens is 1. The zero-order chi connectivity index (χ0) is 15.5. The van der Waals surface area contributed by atoms with E-state index in [9.17, 15) is 13.5 Å². The maximum absolute atomic E-state index is 12.1. The van der Waals surface area contributed by atoms with Gasteiger partial charge in [-0.2, -0.15) is 12.8 Å². The van der Waals surface area contributed by atoms with E-state index in [-0.39, 0.29) is 10.6 Å². The number of rotatable bonds is 4. The van der Waals surface area contributed by atoms with Gasteiger partial charge < -0.3 is 9.84 Å². The van der Waals surface area contributed by atoms with Crippen LogP contribution in [0.3, 0.4) is 0 Å². The minimum atomic E-state index is -3.82. The van der Waals surface area contributed by atoms with E-state index in [1.54, 1.807) is 0 Å². The fourth-order valence-corrected chi connectivity index (χ4v) is 2.58. The molecule has 0 aromatic heterocycles. The SMILES string of the molecule is COc1cc(O)ccc1/C=N/S(=O)(=O)c1ccc(Cl)cc1. The Morgan fingerprint density at radius 2 is 1.86 bits per heavy atom. The van der Waals surface area contributed by atoms with Crippen LogP contribution in [0.15, 0.2) is 51.8 Å². The second-order valence-corrected chi connectivity index (χ2v) is 6.16. The minimum Gasteiger partial charge on any atom is -0.508 e. The summed E-state index contributed by atoms with van der Waals surface area (Å²) in [4.78, 5) is 0.0425. The van der Waals surface area contributed by atoms with Gasteiger partial charge in [0.05, 0.1) is 18.2 Å². The molecule has 0 amide bonds. The lowest BCUT2D eigenvalue weighted by atomic mass is 10.2. The monoisotopic (exact) mass is 325 g/mol. The normalized spacial score (nSPS) is 11.7. The van der Waals surface area contributed by atoms with Crippen molar-refractivity contribution in [3.05, 3.63) is 53.1 Å². The first-order valence-electron chi connectivity index (χ1n) is 5.85. The highest BCUT2D eigenvalue weighted by Crippen LogP contribution is 2.23. The molecule has 2 rings (SSSR count). The average Bonchev–Trinajstić information content (AvgIpc) is 2.46. The number of hydrogen-bond donors (Lipinski definition) is 1. The van der Waals surface area contributed by atoms with E-state index in [0.29, 0.717) is 16.3 Å². The van der Waals surface area contributed by atoms with Gasteiger partial charge in [0.25, 0.3) is 10.0 Å². The fourth-order valence-electron chi connectivity index (χ4n) is 1.60. The van der Waals surface area contributed by atoms with Gasteiger partial charge in [0.2, 0.25) is 0 Å². The van der Waals surface area contributed by atoms with E-state index in [0.717, 1.165) is 0 Å². The lowest BCUT2D eigenvalue weighted by Gasteiger charge is -2.04. The van der Waals surface area contributed by atoms with Crippen LogP contribution >= 0.6 is 11.6 Å². The van der Waals surface area contributed by atoms with Crippen molar-refractivity contribution in [1.82, 2.24) is 0 Å². The summed E-state index contributed by atoms with van der Waals surface area (Å²) in [6.45, 7) is 0. The Hall–Kier alpha value is -2.05. The van der Waals surface area contributed by atoms with E-state index in [2.05, 4.69) is 4.40 Å². The topological polar surface area (TPSA) is 76.0 Å². The number of hydrogen-bond acceptors (Lipinski definition) is 4. The fraction of sp³-hybridized carbons (Fsp3) is 0.0714. The lowest BCUT2D eigenvalue weighted by Crippen LogP contribution is -1.98. The number of nitrogens with zero attached hydrogens (tertiary/aromatic N) is 1. The minimum absolute atomic E-state index is 0.0181. The highest BCUT2D eigenvalue weighted by Gasteiger charge is 2.12. The molecule has 0 aliphatic heterocycles. The van der Waals surface area contributed by atoms with E-state index in [4.69, 9.17) is 16.3 Å². The van der Waals surface area contributed by atoms with Crippen LogP contribution in [0.2, 0.25) is 5.02 Å². The molecule has 7 heteroatoms. The molecule has 1 N–H and O–H groups in total. The van der Waals surface area contributed by atoms with Gasteiger partial charge in [-0.25, -0.2) is 0 Å². The summed E-state index contributed by atoms with van der Waals surface area (Å²) in [6, 6.07) is 10.0. The molecule has 0 radical (unpaired) electrons. The summed E-state index contributed by atoms with van der Waals surface area (Å²) in [5, 5.41) is 9.79. The van der Waals surface area contributed by atoms with Crippen molar-refractivity contribution < 1.29 is 18.3 Å². The Labute approximate surface area is 127 Å². The number of phenols is 1. The molecular weight excluding hydrogens is 314 g/mol. The van der Waals surface area contributed by atoms with Crippen LogP contribution in [0, 0.1) is 0 Å². The van der Waals surface area contributed by atoms with Crippen LogP contribution in [0.25, 0.3) is 0 Å². The first kappa shape index (κ1) is 15.3. The summed E-state index contributed by atoms with van der Waals surface area (Å²) in [7, 11) is -2.40. The smallest absolute Gasteiger partial charge is 0.282 e. The Morgan fingerprint density at radius 1 is 1.19 bits per heavy atom. The van der Waals surface area contributed by atoms with Crippen molar-refractivity contribution in [2.24, 2.45) is 4.40 Å². The number of sulfonamides is 1. The van der Waals surface area contributed by atoms with Crippen LogP contribution in [0.5, 0.6) is 11.5 Å². The molecule has 0 aliphatic rings. The molecular formula is C14H12ClNO4S. The average molecular weight is 326 g/mol. The van der Waals surface area contributed by atoms with Crippen LogP contribution in [0.1, 0.15) is 5.56 Å². The molecule has 0 heterocycles. The predicted molar refractivity (Wildman–Crippen MR) is 80.9 cm³/mol. The third-order valence-electron chi connectivity index (χ3n) is 2.66. The first-order valence-corrected chi connectivity index (χ1v) is 7.67. The van der Waals surface area contributed by atoms with Gasteiger partial charge >= 0.3 is 0 Å². The zero-order valence-corrected chi connectivity index (χ0v) is 12.6. The number of benzene rings is 2. The number of ether oxygens (including phenoxy) is 1. The number of methoxy groups -OCH3 is 1. The first-order chi connectivity index (χ1) is 9.92. The molecule has 21 heavy (non-hydrogen) atoms. The summed E-state index contributed by atoms with van der Waals surface area (Å²) < 4.78 is 32.8. The zero-order valence-electron chi connectivity index (χ0n) is 11.0. The van der Waals surface area contributed by atoms with Crippen LogP contribution in [0.4, 0.5) is 0 Å². The molecule has 0 unspecified atom stereocenters. The van der Waals surface area contributed by atoms with Crippen LogP contribution in [-0.2, 0) is 10.0 Å². The molecule has 0 fully saturated rings. The van der Waals surface area contributed by atoms with Crippen molar-refractivity contribution in [1.29, 1.82) is 0 Å². The predicted octanol–water partition coefficient (Wildman–Crippen LogP) is 2.86. The van der Waals surface area contributed by atoms with Crippen molar-refractivity contribution in [3.8, 4) is 11.5 Å². The van der Waals surface area contributed by atoms with Gasteiger partial charge in [0, 0.05) is 16.7 Å². The van der Waals surface area contributed by atoms with Gasteiger partial charge in [-0.1, -0.05) is 11.6 Å². The molecule has 0 spiro atoms. The van der Waals surface area contributed by atoms with Crippen molar-refractivity contribution in [3.63, 3.8) is 0 Å². The van der Waals surface area contributed by atoms with E-state index in [1.165, 1.54) is 55.8 Å². The van der Waals surface area contributed by atoms with Crippen molar-refractivity contribution >= 4 is 27.8 Å². The Balaban J connectivity index is 2.34. The molecule has 2 aromatic carbocycles. The summed E-state index contributed by atoms with van der Waals surface area (Å²) >= 11 is 5.72. The van der Waals surface area contributed by atoms with Crippen LogP contribution < -0.4 is 4.74 Å². The molecule has 0 atom stereocenters. The van der Waals surface area contributed by atoms with Gasteiger partial charge in [-0.3, -0.25) is 0 Å². The lowest BCUT2D eigenvalue weighted by molar-refractivity contribution is 0.407. The second-order valence-electron chi connectivity index (χ2n) is 4.09. The highest BCUT2D eigenvalue weighted by atomic mass is 35.5. The summed E-state index contributed by atoms with van der Waals surface area (Å²) in [5.74, 6) is 0.342. The van der Waals surface area contributed by atoms with Gasteiger partial charge in [0.15, 0.2) is 0 Å². The van der Waals surface area contributed by atoms with Gasteiger partial charge in [-0.05, 0) is 36.4 Å². The van der Waals surface area contributed by atoms with E-state index in [1.807, 2.05) is 0 Å². The Morgan fingerprint density at radius 3 is 2.48 bits per heavy atom. The van der Waals surface area contributed by atoms with Gasteiger partial charge in [0.1, 0.15) is 11.5 Å². The van der Waals surface area contributed by atoms with E-state index >= 15 is 0 Å². The molecule has 2 aromatic rings. The molecule has 110 valence electrons. The van der Waals surface area contributed by atoms with Gasteiger partial charge in [-0.15, -0.1) is 0 Å². The summed E-state index contributed by atoms with van der Waals surface area (Å²) in [5.41, 5.74) is 0.438. The van der Waals surface area contributed by atoms with Crippen LogP contribution in [-0.4, -0.2) is 26.8 Å². The number of aromatic hydroxyl groups is 1. The largest absolute Gasteiger partial charge is 0.508 e. The standard InChI is InChI=1S/C14H12ClNO4S/c1-20-14-8-12(17)5-2-10(14)9-16-21(18,19)13-6-3-11(15)4-7-13/h2-9,17H,1H3/b16-9+. The summed E-state index contributed by atoms with van der Waals surface area (Å²) in [6.07, 6.45) is 1.17. The van der Waals surface area contributed by atoms with Crippen molar-refractivity contribution in [2.75, 3.05) is 7.11 Å². The third kappa shape index (κ3) is 3.74. The molecule has 0 saturated carbocycles. The second kappa shape index (κ2) is 6.15. The molecule has 0 saturated heterocycles. The molecule has 5 nitrogen and oxygen atoms in total.